The second-order valence-corrected chi connectivity index (χ2v) is 10.2. The Hall–Kier alpha value is -4.23. The van der Waals surface area contributed by atoms with Gasteiger partial charge in [-0.05, 0) is 51.2 Å². The third-order valence-corrected chi connectivity index (χ3v) is 5.78. The molecule has 1 atom stereocenters. The Labute approximate surface area is 228 Å². The molecule has 2 aromatic heterocycles. The molecule has 204 valence electrons. The lowest BCUT2D eigenvalue weighted by atomic mass is 9.92. The Balaban J connectivity index is 1.68. The average Bonchev–Trinajstić information content (AvgIpc) is 3.35. The molecule has 0 fully saturated rings. The van der Waals surface area contributed by atoms with Gasteiger partial charge in [0.25, 0.3) is 0 Å². The molecule has 3 N–H and O–H groups in total. The van der Waals surface area contributed by atoms with Gasteiger partial charge in [0.1, 0.15) is 35.5 Å². The quantitative estimate of drug-likeness (QED) is 0.238. The molecule has 39 heavy (non-hydrogen) atoms. The molecule has 13 heteroatoms. The fourth-order valence-corrected chi connectivity index (χ4v) is 4.06. The fraction of sp³-hybridized carbons (Fsp3) is 0.269. The number of amides is 1. The first-order chi connectivity index (χ1) is 18.4. The SMILES string of the molecule is CC(C)(C)OC(=O)NN(C[C@](O)(Cn1cncn1)c1ccc(F)cc1F)C(=S)Nc1cnc2ccccc2c1. The smallest absolute Gasteiger partial charge is 0.426 e. The van der Waals surface area contributed by atoms with Gasteiger partial charge in [-0.2, -0.15) is 5.10 Å². The van der Waals surface area contributed by atoms with Crippen LogP contribution in [-0.4, -0.2) is 53.2 Å². The first-order valence-corrected chi connectivity index (χ1v) is 12.3. The largest absolute Gasteiger partial charge is 0.443 e. The Morgan fingerprint density at radius 2 is 1.95 bits per heavy atom. The maximum Gasteiger partial charge on any atom is 0.426 e. The van der Waals surface area contributed by atoms with Crippen LogP contribution >= 0.6 is 12.2 Å². The van der Waals surface area contributed by atoms with Gasteiger partial charge in [-0.1, -0.05) is 24.3 Å². The van der Waals surface area contributed by atoms with Gasteiger partial charge in [0, 0.05) is 17.0 Å². The van der Waals surface area contributed by atoms with Gasteiger partial charge in [0.05, 0.1) is 30.5 Å². The molecule has 0 saturated heterocycles. The van der Waals surface area contributed by atoms with E-state index >= 15 is 0 Å². The van der Waals surface area contributed by atoms with Crippen LogP contribution in [0.2, 0.25) is 0 Å². The molecule has 10 nitrogen and oxygen atoms in total. The predicted octanol–water partition coefficient (Wildman–Crippen LogP) is 4.13. The minimum atomic E-state index is -2.08. The first-order valence-electron chi connectivity index (χ1n) is 11.9. The van der Waals surface area contributed by atoms with E-state index in [9.17, 15) is 18.7 Å². The van der Waals surface area contributed by atoms with Crippen LogP contribution in [0.3, 0.4) is 0 Å². The molecule has 0 radical (unpaired) electrons. The van der Waals surface area contributed by atoms with Crippen LogP contribution < -0.4 is 10.7 Å². The van der Waals surface area contributed by atoms with Crippen LogP contribution in [0.1, 0.15) is 26.3 Å². The summed E-state index contributed by atoms with van der Waals surface area (Å²) in [7, 11) is 0. The van der Waals surface area contributed by atoms with Crippen molar-refractivity contribution < 1.29 is 23.4 Å². The topological polar surface area (TPSA) is 117 Å². The molecule has 4 rings (SSSR count). The molecule has 2 heterocycles. The number of hydrazine groups is 1. The van der Waals surface area contributed by atoms with Crippen LogP contribution in [0, 0.1) is 11.6 Å². The molecular formula is C26H27F2N7O3S. The lowest BCUT2D eigenvalue weighted by Crippen LogP contribution is -2.56. The molecule has 2 aromatic carbocycles. The van der Waals surface area contributed by atoms with Crippen molar-refractivity contribution >= 4 is 40.0 Å². The number of anilines is 1. The number of hydrogen-bond acceptors (Lipinski definition) is 7. The third kappa shape index (κ3) is 7.21. The Morgan fingerprint density at radius 3 is 2.64 bits per heavy atom. The van der Waals surface area contributed by atoms with E-state index in [1.54, 1.807) is 27.0 Å². The lowest BCUT2D eigenvalue weighted by Gasteiger charge is -2.36. The number of carbonyl (C=O) groups is 1. The van der Waals surface area contributed by atoms with E-state index in [-0.39, 0.29) is 17.2 Å². The second kappa shape index (κ2) is 11.3. The molecular weight excluding hydrogens is 528 g/mol. The molecule has 0 aliphatic rings. The summed E-state index contributed by atoms with van der Waals surface area (Å²) < 4.78 is 35.3. The number of nitrogens with one attached hydrogen (secondary N) is 2. The number of fused-ring (bicyclic) bond motifs is 1. The number of halogens is 2. The number of aliphatic hydroxyl groups is 1. The molecule has 0 aliphatic carbocycles. The highest BCUT2D eigenvalue weighted by atomic mass is 32.1. The van der Waals surface area contributed by atoms with E-state index in [1.165, 1.54) is 17.3 Å². The molecule has 0 unspecified atom stereocenters. The Bertz CT molecular complexity index is 1480. The van der Waals surface area contributed by atoms with Crippen molar-refractivity contribution in [2.45, 2.75) is 38.5 Å². The van der Waals surface area contributed by atoms with Gasteiger partial charge in [-0.15, -0.1) is 0 Å². The van der Waals surface area contributed by atoms with Crippen molar-refractivity contribution in [2.75, 3.05) is 11.9 Å². The van der Waals surface area contributed by atoms with Crippen molar-refractivity contribution in [3.05, 3.63) is 84.6 Å². The van der Waals surface area contributed by atoms with Crippen molar-refractivity contribution in [1.29, 1.82) is 0 Å². The minimum absolute atomic E-state index is 0.0579. The number of ether oxygens (including phenoxy) is 1. The lowest BCUT2D eigenvalue weighted by molar-refractivity contribution is -0.0192. The minimum Gasteiger partial charge on any atom is -0.443 e. The van der Waals surface area contributed by atoms with E-state index in [4.69, 9.17) is 17.0 Å². The van der Waals surface area contributed by atoms with Crippen LogP contribution in [0.25, 0.3) is 10.9 Å². The van der Waals surface area contributed by atoms with Crippen LogP contribution in [0.5, 0.6) is 0 Å². The number of aromatic nitrogens is 4. The third-order valence-electron chi connectivity index (χ3n) is 5.45. The summed E-state index contributed by atoms with van der Waals surface area (Å²) in [4.78, 5) is 21.0. The normalized spacial score (nSPS) is 13.0. The van der Waals surface area contributed by atoms with Crippen LogP contribution in [0.15, 0.2) is 67.4 Å². The number of benzene rings is 2. The molecule has 0 aliphatic heterocycles. The van der Waals surface area contributed by atoms with Gasteiger partial charge < -0.3 is 15.2 Å². The summed E-state index contributed by atoms with van der Waals surface area (Å²) in [6.07, 6.45) is 3.26. The highest BCUT2D eigenvalue weighted by molar-refractivity contribution is 7.80. The first kappa shape index (κ1) is 27.8. The summed E-state index contributed by atoms with van der Waals surface area (Å²) in [5.41, 5.74) is 0.625. The molecule has 1 amide bonds. The highest BCUT2D eigenvalue weighted by Crippen LogP contribution is 2.28. The zero-order valence-corrected chi connectivity index (χ0v) is 22.2. The fourth-order valence-electron chi connectivity index (χ4n) is 3.83. The standard InChI is InChI=1S/C26H27F2N7O3S/c1-25(2,3)38-24(36)33-35(23(39)32-19-10-17-6-4-5-7-22(17)30-12-19)14-26(37,13-34-16-29-15-31-34)20-9-8-18(27)11-21(20)28/h4-12,15-16,37H,13-14H2,1-3H3,(H,32,39)(H,33,36)/t26-/m1/s1. The Morgan fingerprint density at radius 1 is 1.18 bits per heavy atom. The number of thiocarbonyl (C=S) groups is 1. The number of para-hydroxylation sites is 1. The number of nitrogens with zero attached hydrogens (tertiary/aromatic N) is 5. The highest BCUT2D eigenvalue weighted by Gasteiger charge is 2.37. The van der Waals surface area contributed by atoms with E-state index < -0.39 is 35.5 Å². The molecule has 0 saturated carbocycles. The zero-order chi connectivity index (χ0) is 28.2. The van der Waals surface area contributed by atoms with E-state index in [2.05, 4.69) is 25.8 Å². The van der Waals surface area contributed by atoms with Crippen LogP contribution in [-0.2, 0) is 16.9 Å². The maximum absolute atomic E-state index is 15.0. The summed E-state index contributed by atoms with van der Waals surface area (Å²) in [6, 6.07) is 12.1. The summed E-state index contributed by atoms with van der Waals surface area (Å²) >= 11 is 5.58. The van der Waals surface area contributed by atoms with Crippen LogP contribution in [0.4, 0.5) is 19.3 Å². The van der Waals surface area contributed by atoms with Gasteiger partial charge >= 0.3 is 6.09 Å². The van der Waals surface area contributed by atoms with E-state index in [0.29, 0.717) is 11.8 Å². The molecule has 4 aromatic rings. The molecule has 0 spiro atoms. The predicted molar refractivity (Wildman–Crippen MR) is 144 cm³/mol. The van der Waals surface area contributed by atoms with Gasteiger partial charge in [-0.3, -0.25) is 9.99 Å². The van der Waals surface area contributed by atoms with E-state index in [1.807, 2.05) is 30.3 Å². The number of rotatable bonds is 6. The van der Waals surface area contributed by atoms with Crippen molar-refractivity contribution in [2.24, 2.45) is 0 Å². The van der Waals surface area contributed by atoms with Gasteiger partial charge in [0.15, 0.2) is 5.11 Å². The Kier molecular flexibility index (Phi) is 8.02. The average molecular weight is 556 g/mol. The number of hydrogen-bond donors (Lipinski definition) is 3. The number of carbonyl (C=O) groups excluding carboxylic acids is 1. The summed E-state index contributed by atoms with van der Waals surface area (Å²) in [5, 5.41) is 20.7. The monoisotopic (exact) mass is 555 g/mol. The van der Waals surface area contributed by atoms with Gasteiger partial charge in [-0.25, -0.2) is 28.7 Å². The van der Waals surface area contributed by atoms with Crippen molar-refractivity contribution in [3.8, 4) is 0 Å². The van der Waals surface area contributed by atoms with E-state index in [0.717, 1.165) is 28.0 Å². The zero-order valence-electron chi connectivity index (χ0n) is 21.4. The molecule has 0 bridgehead atoms. The van der Waals surface area contributed by atoms with Crippen molar-refractivity contribution in [1.82, 2.24) is 30.2 Å². The van der Waals surface area contributed by atoms with Gasteiger partial charge in [0.2, 0.25) is 0 Å². The maximum atomic E-state index is 15.0. The summed E-state index contributed by atoms with van der Waals surface area (Å²) in [6.45, 7) is 4.26. The summed E-state index contributed by atoms with van der Waals surface area (Å²) in [5.74, 6) is -1.81. The number of pyridine rings is 1. The van der Waals surface area contributed by atoms with Crippen molar-refractivity contribution in [3.63, 3.8) is 0 Å². The second-order valence-electron chi connectivity index (χ2n) is 9.80.